The Bertz CT molecular complexity index is 663. The average Bonchev–Trinajstić information content (AvgIpc) is 3.28. The van der Waals surface area contributed by atoms with Gasteiger partial charge in [0.05, 0.1) is 0 Å². The summed E-state index contributed by atoms with van der Waals surface area (Å²) in [7, 11) is 0. The van der Waals surface area contributed by atoms with Gasteiger partial charge in [-0.15, -0.1) is 0 Å². The van der Waals surface area contributed by atoms with E-state index in [0.29, 0.717) is 30.6 Å². The average molecular weight is 341 g/mol. The molecule has 0 atom stereocenters. The molecule has 5 nitrogen and oxygen atoms in total. The molecule has 1 heterocycles. The number of carbonyl (C=O) groups excluding carboxylic acids is 1. The van der Waals surface area contributed by atoms with E-state index in [1.807, 2.05) is 13.0 Å². The summed E-state index contributed by atoms with van der Waals surface area (Å²) in [5.41, 5.74) is 1.29. The summed E-state index contributed by atoms with van der Waals surface area (Å²) in [6.07, 6.45) is 7.66. The van der Waals surface area contributed by atoms with Crippen molar-refractivity contribution in [1.29, 1.82) is 0 Å². The van der Waals surface area contributed by atoms with Gasteiger partial charge in [0.1, 0.15) is 0 Å². The minimum absolute atomic E-state index is 0.263. The summed E-state index contributed by atoms with van der Waals surface area (Å²) in [4.78, 5) is 19.1. The zero-order valence-electron chi connectivity index (χ0n) is 15.0. The lowest BCUT2D eigenvalue weighted by atomic mass is 10.1. The van der Waals surface area contributed by atoms with E-state index in [1.165, 1.54) is 18.4 Å². The van der Waals surface area contributed by atoms with Crippen LogP contribution >= 0.6 is 0 Å². The molecule has 1 aliphatic carbocycles. The molecule has 134 valence electrons. The van der Waals surface area contributed by atoms with Crippen LogP contribution < -0.4 is 0 Å². The number of rotatable bonds is 8. The molecule has 0 saturated heterocycles. The van der Waals surface area contributed by atoms with Gasteiger partial charge in [-0.25, -0.2) is 0 Å². The third-order valence-electron chi connectivity index (χ3n) is 4.92. The number of benzene rings is 1. The number of amides is 1. The van der Waals surface area contributed by atoms with E-state index >= 15 is 0 Å². The van der Waals surface area contributed by atoms with Gasteiger partial charge >= 0.3 is 0 Å². The van der Waals surface area contributed by atoms with Crippen LogP contribution in [0.4, 0.5) is 0 Å². The highest BCUT2D eigenvalue weighted by molar-refractivity contribution is 5.76. The summed E-state index contributed by atoms with van der Waals surface area (Å²) in [6.45, 7) is 2.62. The molecule has 1 fully saturated rings. The lowest BCUT2D eigenvalue weighted by molar-refractivity contribution is -0.133. The standard InChI is InChI=1S/C20H27N3O2/c1-16-21-19(25-22-16)12-7-13-20(24)23(18-10-5-6-11-18)15-14-17-8-3-2-4-9-17/h2-4,8-9,18H,5-7,10-15H2,1H3. The molecule has 1 aromatic carbocycles. The largest absolute Gasteiger partial charge is 0.339 e. The van der Waals surface area contributed by atoms with E-state index in [-0.39, 0.29) is 5.91 Å². The molecule has 1 amide bonds. The Morgan fingerprint density at radius 2 is 1.96 bits per heavy atom. The summed E-state index contributed by atoms with van der Waals surface area (Å²) >= 11 is 0. The Labute approximate surface area is 149 Å². The number of carbonyl (C=O) groups is 1. The lowest BCUT2D eigenvalue weighted by Crippen LogP contribution is -2.40. The number of hydrogen-bond acceptors (Lipinski definition) is 4. The fourth-order valence-electron chi connectivity index (χ4n) is 3.60. The van der Waals surface area contributed by atoms with Crippen LogP contribution in [-0.2, 0) is 17.6 Å². The van der Waals surface area contributed by atoms with Gasteiger partial charge in [-0.1, -0.05) is 48.3 Å². The fraction of sp³-hybridized carbons (Fsp3) is 0.550. The van der Waals surface area contributed by atoms with E-state index in [9.17, 15) is 4.79 Å². The SMILES string of the molecule is Cc1noc(CCCC(=O)N(CCc2ccccc2)C2CCCC2)n1. The van der Waals surface area contributed by atoms with Gasteiger partial charge in [0.15, 0.2) is 5.82 Å². The maximum absolute atomic E-state index is 12.8. The topological polar surface area (TPSA) is 59.2 Å². The quantitative estimate of drug-likeness (QED) is 0.734. The maximum Gasteiger partial charge on any atom is 0.226 e. The molecule has 1 saturated carbocycles. The zero-order valence-corrected chi connectivity index (χ0v) is 15.0. The first-order chi connectivity index (χ1) is 12.2. The molecule has 1 aromatic heterocycles. The molecule has 0 bridgehead atoms. The number of aryl methyl sites for hydroxylation is 2. The van der Waals surface area contributed by atoms with Crippen molar-refractivity contribution in [2.75, 3.05) is 6.54 Å². The van der Waals surface area contributed by atoms with Crippen molar-refractivity contribution in [1.82, 2.24) is 15.0 Å². The Morgan fingerprint density at radius 3 is 2.64 bits per heavy atom. The molecule has 5 heteroatoms. The van der Waals surface area contributed by atoms with E-state index in [2.05, 4.69) is 39.3 Å². The van der Waals surface area contributed by atoms with E-state index in [4.69, 9.17) is 4.52 Å². The van der Waals surface area contributed by atoms with Crippen LogP contribution in [0.15, 0.2) is 34.9 Å². The molecular weight excluding hydrogens is 314 g/mol. The van der Waals surface area contributed by atoms with Gasteiger partial charge in [0, 0.05) is 25.4 Å². The van der Waals surface area contributed by atoms with E-state index in [0.717, 1.165) is 32.2 Å². The molecule has 0 N–H and O–H groups in total. The summed E-state index contributed by atoms with van der Waals surface area (Å²) in [6, 6.07) is 10.8. The second kappa shape index (κ2) is 8.79. The van der Waals surface area contributed by atoms with Crippen molar-refractivity contribution >= 4 is 5.91 Å². The van der Waals surface area contributed by atoms with E-state index < -0.39 is 0 Å². The van der Waals surface area contributed by atoms with Gasteiger partial charge in [-0.05, 0) is 38.2 Å². The molecule has 0 unspecified atom stereocenters. The van der Waals surface area contributed by atoms with Gasteiger partial charge in [-0.2, -0.15) is 4.98 Å². The molecule has 0 radical (unpaired) electrons. The monoisotopic (exact) mass is 341 g/mol. The highest BCUT2D eigenvalue weighted by Gasteiger charge is 2.26. The third kappa shape index (κ3) is 5.15. The molecule has 3 rings (SSSR count). The molecular formula is C20H27N3O2. The van der Waals surface area contributed by atoms with Crippen molar-refractivity contribution < 1.29 is 9.32 Å². The van der Waals surface area contributed by atoms with Crippen LogP contribution in [0.2, 0.25) is 0 Å². The van der Waals surface area contributed by atoms with Crippen LogP contribution in [0.3, 0.4) is 0 Å². The van der Waals surface area contributed by atoms with Crippen molar-refractivity contribution in [3.05, 3.63) is 47.6 Å². The molecule has 2 aromatic rings. The van der Waals surface area contributed by atoms with Gasteiger partial charge in [-0.3, -0.25) is 4.79 Å². The van der Waals surface area contributed by atoms with Gasteiger partial charge in [0.2, 0.25) is 11.8 Å². The van der Waals surface area contributed by atoms with Crippen LogP contribution in [0.1, 0.15) is 55.8 Å². The molecule has 0 spiro atoms. The highest BCUT2D eigenvalue weighted by atomic mass is 16.5. The summed E-state index contributed by atoms with van der Waals surface area (Å²) < 4.78 is 5.13. The zero-order chi connectivity index (χ0) is 17.5. The maximum atomic E-state index is 12.8. The normalized spacial score (nSPS) is 14.8. The minimum atomic E-state index is 0.263. The predicted molar refractivity (Wildman–Crippen MR) is 96.1 cm³/mol. The van der Waals surface area contributed by atoms with Gasteiger partial charge < -0.3 is 9.42 Å². The van der Waals surface area contributed by atoms with Crippen molar-refractivity contribution in [3.8, 4) is 0 Å². The van der Waals surface area contributed by atoms with Gasteiger partial charge in [0.25, 0.3) is 0 Å². The number of aromatic nitrogens is 2. The lowest BCUT2D eigenvalue weighted by Gasteiger charge is -2.29. The van der Waals surface area contributed by atoms with Crippen LogP contribution in [0.5, 0.6) is 0 Å². The second-order valence-electron chi connectivity index (χ2n) is 6.85. The third-order valence-corrected chi connectivity index (χ3v) is 4.92. The molecule has 0 aliphatic heterocycles. The fourth-order valence-corrected chi connectivity index (χ4v) is 3.60. The molecule has 25 heavy (non-hydrogen) atoms. The Hall–Kier alpha value is -2.17. The minimum Gasteiger partial charge on any atom is -0.339 e. The first-order valence-corrected chi connectivity index (χ1v) is 9.35. The summed E-state index contributed by atoms with van der Waals surface area (Å²) in [5.74, 6) is 1.54. The van der Waals surface area contributed by atoms with Crippen LogP contribution in [-0.4, -0.2) is 33.5 Å². The summed E-state index contributed by atoms with van der Waals surface area (Å²) in [5, 5.41) is 3.79. The highest BCUT2D eigenvalue weighted by Crippen LogP contribution is 2.24. The predicted octanol–water partition coefficient (Wildman–Crippen LogP) is 3.71. The van der Waals surface area contributed by atoms with Crippen molar-refractivity contribution in [2.24, 2.45) is 0 Å². The van der Waals surface area contributed by atoms with Crippen molar-refractivity contribution in [2.45, 2.75) is 64.3 Å². The van der Waals surface area contributed by atoms with Crippen LogP contribution in [0.25, 0.3) is 0 Å². The first kappa shape index (κ1) is 17.6. The van der Waals surface area contributed by atoms with E-state index in [1.54, 1.807) is 0 Å². The second-order valence-corrected chi connectivity index (χ2v) is 6.85. The smallest absolute Gasteiger partial charge is 0.226 e. The Morgan fingerprint density at radius 1 is 1.20 bits per heavy atom. The van der Waals surface area contributed by atoms with Crippen LogP contribution in [0, 0.1) is 6.92 Å². The Kier molecular flexibility index (Phi) is 6.20. The number of hydrogen-bond donors (Lipinski definition) is 0. The first-order valence-electron chi connectivity index (χ1n) is 9.35. The Balaban J connectivity index is 1.53. The molecule has 1 aliphatic rings. The number of nitrogens with zero attached hydrogens (tertiary/aromatic N) is 3. The van der Waals surface area contributed by atoms with Crippen molar-refractivity contribution in [3.63, 3.8) is 0 Å².